The predicted octanol–water partition coefficient (Wildman–Crippen LogP) is 3.90. The molecule has 0 aromatic carbocycles. The average Bonchev–Trinajstić information content (AvgIpc) is 3.31. The number of nitrogens with one attached hydrogen (secondary N) is 1. The molecule has 1 aromatic rings. The molecule has 0 saturated heterocycles. The van der Waals surface area contributed by atoms with E-state index in [9.17, 15) is 13.2 Å². The molecule has 0 bridgehead atoms. The van der Waals surface area contributed by atoms with Crippen molar-refractivity contribution in [1.82, 2.24) is 10.3 Å². The molecule has 3 rings (SSSR count). The van der Waals surface area contributed by atoms with Crippen molar-refractivity contribution in [1.29, 1.82) is 0 Å². The summed E-state index contributed by atoms with van der Waals surface area (Å²) in [5, 5.41) is 3.63. The first-order chi connectivity index (χ1) is 9.99. The van der Waals surface area contributed by atoms with E-state index in [0.29, 0.717) is 23.6 Å². The SMILES string of the molecule is CCOC(c1nc(C(F)(F)F)c(CNC2CC2)s1)C1CC1. The summed E-state index contributed by atoms with van der Waals surface area (Å²) in [4.78, 5) is 4.18. The lowest BCUT2D eigenvalue weighted by atomic mass is 10.2. The molecule has 1 heterocycles. The number of hydrogen-bond donors (Lipinski definition) is 1. The third-order valence-corrected chi connectivity index (χ3v) is 4.87. The van der Waals surface area contributed by atoms with Crippen LogP contribution in [0, 0.1) is 5.92 Å². The first-order valence-corrected chi connectivity index (χ1v) is 8.22. The molecule has 7 heteroatoms. The number of ether oxygens (including phenoxy) is 1. The van der Waals surface area contributed by atoms with E-state index in [2.05, 4.69) is 10.3 Å². The molecular weight excluding hydrogens is 301 g/mol. The number of halogens is 3. The normalized spacial score (nSPS) is 20.8. The molecule has 118 valence electrons. The highest BCUT2D eigenvalue weighted by atomic mass is 32.1. The number of nitrogens with zero attached hydrogens (tertiary/aromatic N) is 1. The zero-order valence-electron chi connectivity index (χ0n) is 11.9. The van der Waals surface area contributed by atoms with Gasteiger partial charge in [-0.3, -0.25) is 0 Å². The standard InChI is InChI=1S/C14H19F3N2OS/c1-2-20-11(8-3-4-8)13-19-12(14(15,16)17)10(21-13)7-18-9-5-6-9/h8-9,11,18H,2-7H2,1H3. The highest BCUT2D eigenvalue weighted by Crippen LogP contribution is 2.46. The van der Waals surface area contributed by atoms with E-state index >= 15 is 0 Å². The van der Waals surface area contributed by atoms with E-state index in [-0.39, 0.29) is 17.5 Å². The van der Waals surface area contributed by atoms with Gasteiger partial charge in [-0.25, -0.2) is 4.98 Å². The second kappa shape index (κ2) is 5.85. The van der Waals surface area contributed by atoms with Crippen molar-refractivity contribution in [2.75, 3.05) is 6.61 Å². The van der Waals surface area contributed by atoms with Crippen LogP contribution in [-0.4, -0.2) is 17.6 Å². The minimum atomic E-state index is -4.39. The summed E-state index contributed by atoms with van der Waals surface area (Å²) in [6.07, 6.45) is -0.526. The van der Waals surface area contributed by atoms with Gasteiger partial charge in [0, 0.05) is 19.2 Å². The van der Waals surface area contributed by atoms with Crippen LogP contribution in [0.4, 0.5) is 13.2 Å². The number of hydrogen-bond acceptors (Lipinski definition) is 4. The third kappa shape index (κ3) is 3.76. The van der Waals surface area contributed by atoms with Crippen molar-refractivity contribution in [3.05, 3.63) is 15.6 Å². The lowest BCUT2D eigenvalue weighted by Crippen LogP contribution is -2.18. The third-order valence-electron chi connectivity index (χ3n) is 3.75. The number of rotatable bonds is 7. The van der Waals surface area contributed by atoms with E-state index in [1.807, 2.05) is 6.92 Å². The molecule has 2 saturated carbocycles. The molecule has 3 nitrogen and oxygen atoms in total. The van der Waals surface area contributed by atoms with Gasteiger partial charge in [-0.2, -0.15) is 13.2 Å². The van der Waals surface area contributed by atoms with Crippen LogP contribution in [0.5, 0.6) is 0 Å². The van der Waals surface area contributed by atoms with Gasteiger partial charge in [-0.1, -0.05) is 0 Å². The lowest BCUT2D eigenvalue weighted by Gasteiger charge is -2.13. The summed E-state index contributed by atoms with van der Waals surface area (Å²) >= 11 is 1.15. The highest BCUT2D eigenvalue weighted by Gasteiger charge is 2.41. The Labute approximate surface area is 125 Å². The molecular formula is C14H19F3N2OS. The van der Waals surface area contributed by atoms with Crippen LogP contribution < -0.4 is 5.32 Å². The molecule has 2 fully saturated rings. The largest absolute Gasteiger partial charge is 0.434 e. The minimum Gasteiger partial charge on any atom is -0.371 e. The van der Waals surface area contributed by atoms with Gasteiger partial charge < -0.3 is 10.1 Å². The topological polar surface area (TPSA) is 34.1 Å². The van der Waals surface area contributed by atoms with Crippen LogP contribution in [0.2, 0.25) is 0 Å². The quantitative estimate of drug-likeness (QED) is 0.827. The Morgan fingerprint density at radius 2 is 2.05 bits per heavy atom. The summed E-state index contributed by atoms with van der Waals surface area (Å²) in [5.74, 6) is 0.335. The molecule has 1 aromatic heterocycles. The average molecular weight is 320 g/mol. The number of alkyl halides is 3. The van der Waals surface area contributed by atoms with E-state index in [1.54, 1.807) is 0 Å². The van der Waals surface area contributed by atoms with Gasteiger partial charge in [-0.05, 0) is 38.5 Å². The summed E-state index contributed by atoms with van der Waals surface area (Å²) in [6, 6.07) is 0.378. The van der Waals surface area contributed by atoms with E-state index in [0.717, 1.165) is 37.0 Å². The number of aromatic nitrogens is 1. The molecule has 0 amide bonds. The van der Waals surface area contributed by atoms with Crippen LogP contribution in [0.3, 0.4) is 0 Å². The van der Waals surface area contributed by atoms with Gasteiger partial charge >= 0.3 is 6.18 Å². The van der Waals surface area contributed by atoms with Gasteiger partial charge in [0.25, 0.3) is 0 Å². The second-order valence-corrected chi connectivity index (χ2v) is 6.81. The molecule has 0 radical (unpaired) electrons. The van der Waals surface area contributed by atoms with Crippen LogP contribution in [0.25, 0.3) is 0 Å². The molecule has 0 spiro atoms. The molecule has 1 unspecified atom stereocenters. The maximum Gasteiger partial charge on any atom is 0.434 e. The Morgan fingerprint density at radius 1 is 1.33 bits per heavy atom. The fraction of sp³-hybridized carbons (Fsp3) is 0.786. The molecule has 21 heavy (non-hydrogen) atoms. The molecule has 2 aliphatic carbocycles. The first-order valence-electron chi connectivity index (χ1n) is 7.40. The van der Waals surface area contributed by atoms with Gasteiger partial charge in [0.15, 0.2) is 5.69 Å². The van der Waals surface area contributed by atoms with E-state index in [4.69, 9.17) is 4.74 Å². The van der Waals surface area contributed by atoms with Crippen molar-refractivity contribution in [2.45, 2.75) is 57.5 Å². The van der Waals surface area contributed by atoms with Crippen LogP contribution in [0.15, 0.2) is 0 Å². The lowest BCUT2D eigenvalue weighted by molar-refractivity contribution is -0.141. The molecule has 2 aliphatic rings. The van der Waals surface area contributed by atoms with Crippen LogP contribution in [-0.2, 0) is 17.5 Å². The maximum absolute atomic E-state index is 13.1. The Balaban J connectivity index is 1.82. The fourth-order valence-electron chi connectivity index (χ4n) is 2.34. The van der Waals surface area contributed by atoms with Gasteiger partial charge in [-0.15, -0.1) is 11.3 Å². The smallest absolute Gasteiger partial charge is 0.371 e. The van der Waals surface area contributed by atoms with Gasteiger partial charge in [0.2, 0.25) is 0 Å². The molecule has 0 aliphatic heterocycles. The van der Waals surface area contributed by atoms with Crippen LogP contribution >= 0.6 is 11.3 Å². The van der Waals surface area contributed by atoms with Crippen molar-refractivity contribution < 1.29 is 17.9 Å². The van der Waals surface area contributed by atoms with E-state index < -0.39 is 11.9 Å². The zero-order valence-corrected chi connectivity index (χ0v) is 12.7. The minimum absolute atomic E-state index is 0.251. The summed E-state index contributed by atoms with van der Waals surface area (Å²) in [5.41, 5.74) is -0.735. The van der Waals surface area contributed by atoms with Gasteiger partial charge in [0.05, 0.1) is 4.88 Å². The fourth-order valence-corrected chi connectivity index (χ4v) is 3.52. The maximum atomic E-state index is 13.1. The summed E-state index contributed by atoms with van der Waals surface area (Å²) < 4.78 is 45.1. The van der Waals surface area contributed by atoms with Crippen molar-refractivity contribution in [2.24, 2.45) is 5.92 Å². The van der Waals surface area contributed by atoms with Crippen LogP contribution in [0.1, 0.15) is 54.3 Å². The predicted molar refractivity (Wildman–Crippen MR) is 74.1 cm³/mol. The van der Waals surface area contributed by atoms with Crippen molar-refractivity contribution in [3.8, 4) is 0 Å². The molecule has 1 atom stereocenters. The Morgan fingerprint density at radius 3 is 2.57 bits per heavy atom. The van der Waals surface area contributed by atoms with Gasteiger partial charge in [0.1, 0.15) is 11.1 Å². The number of thiazole rings is 1. The Hall–Kier alpha value is -0.660. The summed E-state index contributed by atoms with van der Waals surface area (Å²) in [6.45, 7) is 2.61. The first kappa shape index (κ1) is 15.2. The highest BCUT2D eigenvalue weighted by molar-refractivity contribution is 7.11. The monoisotopic (exact) mass is 320 g/mol. The van der Waals surface area contributed by atoms with Crippen molar-refractivity contribution >= 4 is 11.3 Å². The van der Waals surface area contributed by atoms with E-state index in [1.165, 1.54) is 0 Å². The Kier molecular flexibility index (Phi) is 4.25. The zero-order chi connectivity index (χ0) is 15.0. The molecule has 1 N–H and O–H groups in total. The van der Waals surface area contributed by atoms with Crippen molar-refractivity contribution in [3.63, 3.8) is 0 Å². The Bertz CT molecular complexity index is 495. The second-order valence-electron chi connectivity index (χ2n) is 5.69. The summed E-state index contributed by atoms with van der Waals surface area (Å²) in [7, 11) is 0.